The lowest BCUT2D eigenvalue weighted by molar-refractivity contribution is -0.120. The van der Waals surface area contributed by atoms with Crippen LogP contribution < -0.4 is 5.32 Å². The molecule has 7 nitrogen and oxygen atoms in total. The minimum absolute atomic E-state index is 0.00402. The van der Waals surface area contributed by atoms with Crippen molar-refractivity contribution in [3.05, 3.63) is 35.9 Å². The van der Waals surface area contributed by atoms with Crippen LogP contribution in [0.3, 0.4) is 0 Å². The van der Waals surface area contributed by atoms with Crippen LogP contribution in [0.1, 0.15) is 12.0 Å². The summed E-state index contributed by atoms with van der Waals surface area (Å²) in [6.45, 7) is 0.217. The Morgan fingerprint density at radius 1 is 1.29 bits per heavy atom. The van der Waals surface area contributed by atoms with E-state index in [0.717, 1.165) is 11.8 Å². The summed E-state index contributed by atoms with van der Waals surface area (Å²) in [7, 11) is -6.71. The van der Waals surface area contributed by atoms with Gasteiger partial charge in [-0.25, -0.2) is 16.8 Å². The van der Waals surface area contributed by atoms with Gasteiger partial charge in [0.25, 0.3) is 0 Å². The van der Waals surface area contributed by atoms with Crippen molar-refractivity contribution in [3.63, 3.8) is 0 Å². The maximum Gasteiger partial charge on any atom is 0.224 e. The monoisotopic (exact) mass is 374 g/mol. The molecule has 9 heteroatoms. The molecular weight excluding hydrogens is 352 g/mol. The van der Waals surface area contributed by atoms with Gasteiger partial charge in [-0.2, -0.15) is 4.31 Å². The molecule has 134 valence electrons. The van der Waals surface area contributed by atoms with Crippen molar-refractivity contribution in [2.75, 3.05) is 30.9 Å². The molecule has 1 atom stereocenters. The highest BCUT2D eigenvalue weighted by molar-refractivity contribution is 7.92. The quantitative estimate of drug-likeness (QED) is 0.712. The summed E-state index contributed by atoms with van der Waals surface area (Å²) in [5.74, 6) is -0.351. The average Bonchev–Trinajstić information content (AvgIpc) is 2.83. The van der Waals surface area contributed by atoms with Crippen molar-refractivity contribution in [3.8, 4) is 0 Å². The van der Waals surface area contributed by atoms with Gasteiger partial charge in [0.15, 0.2) is 9.84 Å². The highest BCUT2D eigenvalue weighted by Gasteiger charge is 2.36. The van der Waals surface area contributed by atoms with Gasteiger partial charge in [-0.05, 0) is 12.0 Å². The van der Waals surface area contributed by atoms with E-state index in [0.29, 0.717) is 6.42 Å². The Morgan fingerprint density at radius 2 is 1.96 bits per heavy atom. The molecule has 1 aromatic carbocycles. The van der Waals surface area contributed by atoms with Gasteiger partial charge in [0.2, 0.25) is 15.9 Å². The SMILES string of the molecule is CS(=O)(=O)N(CCNC(=O)Cc1ccccc1)C1CCS(=O)(=O)C1. The minimum Gasteiger partial charge on any atom is -0.354 e. The van der Waals surface area contributed by atoms with Gasteiger partial charge in [0.1, 0.15) is 0 Å². The zero-order chi connectivity index (χ0) is 17.8. The zero-order valence-electron chi connectivity index (χ0n) is 13.5. The molecule has 0 aliphatic carbocycles. The third-order valence-corrected chi connectivity index (χ3v) is 6.99. The molecule has 1 unspecified atom stereocenters. The molecule has 1 aliphatic rings. The maximum absolute atomic E-state index is 11.9. The molecule has 0 aromatic heterocycles. The Kier molecular flexibility index (Phi) is 6.00. The van der Waals surface area contributed by atoms with Gasteiger partial charge in [-0.3, -0.25) is 4.79 Å². The fourth-order valence-corrected chi connectivity index (χ4v) is 5.74. The first-order chi connectivity index (χ1) is 11.2. The van der Waals surface area contributed by atoms with Crippen molar-refractivity contribution in [1.29, 1.82) is 0 Å². The third-order valence-electron chi connectivity index (χ3n) is 3.90. The lowest BCUT2D eigenvalue weighted by Gasteiger charge is -2.25. The van der Waals surface area contributed by atoms with E-state index in [4.69, 9.17) is 0 Å². The lowest BCUT2D eigenvalue weighted by atomic mass is 10.1. The summed E-state index contributed by atoms with van der Waals surface area (Å²) in [5, 5.41) is 2.68. The second-order valence-corrected chi connectivity index (χ2v) is 10.1. The number of carbonyl (C=O) groups is 1. The van der Waals surface area contributed by atoms with E-state index in [-0.39, 0.29) is 36.9 Å². The summed E-state index contributed by atoms with van der Waals surface area (Å²) in [6, 6.07) is 8.68. The van der Waals surface area contributed by atoms with E-state index in [9.17, 15) is 21.6 Å². The minimum atomic E-state index is -3.54. The number of nitrogens with one attached hydrogen (secondary N) is 1. The van der Waals surface area contributed by atoms with Crippen LogP contribution in [0.2, 0.25) is 0 Å². The highest BCUT2D eigenvalue weighted by atomic mass is 32.2. The molecule has 0 radical (unpaired) electrons. The topological polar surface area (TPSA) is 101 Å². The predicted octanol–water partition coefficient (Wildman–Crippen LogP) is -0.206. The summed E-state index contributed by atoms with van der Waals surface area (Å²) in [5.41, 5.74) is 0.872. The van der Waals surface area contributed by atoms with E-state index >= 15 is 0 Å². The summed E-state index contributed by atoms with van der Waals surface area (Å²) in [6.07, 6.45) is 1.58. The maximum atomic E-state index is 11.9. The molecule has 0 spiro atoms. The van der Waals surface area contributed by atoms with Crippen molar-refractivity contribution in [1.82, 2.24) is 9.62 Å². The number of amides is 1. The molecule has 0 saturated carbocycles. The van der Waals surface area contributed by atoms with Gasteiger partial charge < -0.3 is 5.32 Å². The van der Waals surface area contributed by atoms with Crippen molar-refractivity contribution < 1.29 is 21.6 Å². The van der Waals surface area contributed by atoms with Gasteiger partial charge in [0, 0.05) is 19.1 Å². The third kappa shape index (κ3) is 5.57. The molecule has 1 heterocycles. The summed E-state index contributed by atoms with van der Waals surface area (Å²) < 4.78 is 48.1. The normalized spacial score (nSPS) is 20.2. The molecule has 0 bridgehead atoms. The van der Waals surface area contributed by atoms with Crippen LogP contribution in [0.5, 0.6) is 0 Å². The number of carbonyl (C=O) groups excluding carboxylic acids is 1. The first kappa shape index (κ1) is 18.9. The Balaban J connectivity index is 1.88. The van der Waals surface area contributed by atoms with Crippen molar-refractivity contribution >= 4 is 25.8 Å². The standard InChI is InChI=1S/C15H22N2O5S2/c1-23(19,20)17(14-7-10-24(21,22)12-14)9-8-16-15(18)11-13-5-3-2-4-6-13/h2-6,14H,7-12H2,1H3,(H,16,18). The van der Waals surface area contributed by atoms with Crippen LogP contribution in [0.15, 0.2) is 30.3 Å². The predicted molar refractivity (Wildman–Crippen MR) is 91.8 cm³/mol. The number of rotatable bonds is 7. The van der Waals surface area contributed by atoms with Gasteiger partial charge in [-0.15, -0.1) is 0 Å². The second kappa shape index (κ2) is 7.62. The molecule has 24 heavy (non-hydrogen) atoms. The smallest absolute Gasteiger partial charge is 0.224 e. The molecule has 1 aromatic rings. The van der Waals surface area contributed by atoms with Crippen LogP contribution in [0.25, 0.3) is 0 Å². The van der Waals surface area contributed by atoms with E-state index in [1.54, 1.807) is 0 Å². The number of nitrogens with zero attached hydrogens (tertiary/aromatic N) is 1. The van der Waals surface area contributed by atoms with E-state index in [1.165, 1.54) is 4.31 Å². The number of sulfone groups is 1. The number of benzene rings is 1. The second-order valence-electron chi connectivity index (χ2n) is 5.94. The fourth-order valence-electron chi connectivity index (χ4n) is 2.77. The Morgan fingerprint density at radius 3 is 2.50 bits per heavy atom. The van der Waals surface area contributed by atoms with E-state index in [2.05, 4.69) is 5.32 Å². The van der Waals surface area contributed by atoms with Gasteiger partial charge >= 0.3 is 0 Å². The largest absolute Gasteiger partial charge is 0.354 e. The molecule has 1 fully saturated rings. The Bertz CT molecular complexity index is 775. The summed E-state index contributed by atoms with van der Waals surface area (Å²) in [4.78, 5) is 11.9. The van der Waals surface area contributed by atoms with Crippen LogP contribution >= 0.6 is 0 Å². The first-order valence-electron chi connectivity index (χ1n) is 7.65. The van der Waals surface area contributed by atoms with Crippen LogP contribution in [-0.4, -0.2) is 63.9 Å². The lowest BCUT2D eigenvalue weighted by Crippen LogP contribution is -2.45. The first-order valence-corrected chi connectivity index (χ1v) is 11.3. The molecule has 1 saturated heterocycles. The highest BCUT2D eigenvalue weighted by Crippen LogP contribution is 2.19. The number of hydrogen-bond acceptors (Lipinski definition) is 5. The molecule has 1 amide bonds. The molecular formula is C15H22N2O5S2. The van der Waals surface area contributed by atoms with Crippen LogP contribution in [0.4, 0.5) is 0 Å². The average molecular weight is 374 g/mol. The fraction of sp³-hybridized carbons (Fsp3) is 0.533. The van der Waals surface area contributed by atoms with Gasteiger partial charge in [-0.1, -0.05) is 30.3 Å². The number of sulfonamides is 1. The molecule has 2 rings (SSSR count). The van der Waals surface area contributed by atoms with Crippen LogP contribution in [0, 0.1) is 0 Å². The number of hydrogen-bond donors (Lipinski definition) is 1. The Labute approximate surface area is 143 Å². The summed E-state index contributed by atoms with van der Waals surface area (Å²) >= 11 is 0. The zero-order valence-corrected chi connectivity index (χ0v) is 15.1. The van der Waals surface area contributed by atoms with Gasteiger partial charge in [0.05, 0.1) is 24.2 Å². The Hall–Kier alpha value is -1.45. The van der Waals surface area contributed by atoms with E-state index < -0.39 is 25.9 Å². The van der Waals surface area contributed by atoms with Crippen molar-refractivity contribution in [2.45, 2.75) is 18.9 Å². The van der Waals surface area contributed by atoms with E-state index in [1.807, 2.05) is 30.3 Å². The van der Waals surface area contributed by atoms with Crippen molar-refractivity contribution in [2.24, 2.45) is 0 Å². The molecule has 1 N–H and O–H groups in total. The van der Waals surface area contributed by atoms with Crippen LogP contribution in [-0.2, 0) is 31.1 Å². The molecule has 1 aliphatic heterocycles.